The van der Waals surface area contributed by atoms with Gasteiger partial charge in [0.2, 0.25) is 5.91 Å². The van der Waals surface area contributed by atoms with Crippen LogP contribution in [0.4, 0.5) is 5.69 Å². The van der Waals surface area contributed by atoms with Crippen LogP contribution in [0.3, 0.4) is 0 Å². The highest BCUT2D eigenvalue weighted by Gasteiger charge is 2.16. The van der Waals surface area contributed by atoms with Gasteiger partial charge in [-0.2, -0.15) is 0 Å². The van der Waals surface area contributed by atoms with Crippen LogP contribution < -0.4 is 5.32 Å². The molecular weight excluding hydrogens is 468 g/mol. The largest absolute Gasteiger partial charge is 0.324 e. The van der Waals surface area contributed by atoms with Crippen LogP contribution in [0, 0.1) is 6.92 Å². The predicted octanol–water partition coefficient (Wildman–Crippen LogP) is 5.87. The molecule has 0 unspecified atom stereocenters. The smallest absolute Gasteiger partial charge is 0.234 e. The number of thioether (sulfide) groups is 1. The number of halogens is 2. The minimum atomic E-state index is -0.136. The first-order chi connectivity index (χ1) is 13.0. The van der Waals surface area contributed by atoms with E-state index in [9.17, 15) is 4.79 Å². The number of carbonyl (C=O) groups excluding carboxylic acids is 1. The van der Waals surface area contributed by atoms with Crippen LogP contribution in [0.1, 0.15) is 18.2 Å². The van der Waals surface area contributed by atoms with Gasteiger partial charge in [-0.15, -0.1) is 21.5 Å². The number of hydrogen-bond acceptors (Lipinski definition) is 5. The number of aryl methyl sites for hydroxylation is 1. The fourth-order valence-corrected chi connectivity index (χ4v) is 4.67. The summed E-state index contributed by atoms with van der Waals surface area (Å²) in [5.74, 6) is 0.944. The molecule has 0 atom stereocenters. The Morgan fingerprint density at radius 3 is 2.85 bits per heavy atom. The third-order valence-electron chi connectivity index (χ3n) is 3.69. The second-order valence-corrected chi connectivity index (χ2v) is 9.25. The Bertz CT molecular complexity index is 957. The molecule has 0 aliphatic heterocycles. The first-order valence-corrected chi connectivity index (χ1v) is 11.4. The van der Waals surface area contributed by atoms with E-state index in [1.165, 1.54) is 16.6 Å². The summed E-state index contributed by atoms with van der Waals surface area (Å²) in [6, 6.07) is 7.46. The molecule has 5 nitrogen and oxygen atoms in total. The van der Waals surface area contributed by atoms with E-state index >= 15 is 0 Å². The maximum atomic E-state index is 12.3. The second-order valence-electron chi connectivity index (χ2n) is 5.86. The lowest BCUT2D eigenvalue weighted by atomic mass is 10.3. The zero-order valence-corrected chi connectivity index (χ0v) is 18.8. The number of nitrogens with zero attached hydrogens (tertiary/aromatic N) is 3. The van der Waals surface area contributed by atoms with Gasteiger partial charge in [-0.05, 0) is 37.6 Å². The van der Waals surface area contributed by atoms with E-state index in [0.29, 0.717) is 10.7 Å². The van der Waals surface area contributed by atoms with Gasteiger partial charge in [0, 0.05) is 26.8 Å². The summed E-state index contributed by atoms with van der Waals surface area (Å²) >= 11 is 12.6. The number of carbonyl (C=O) groups is 1. The van der Waals surface area contributed by atoms with E-state index in [-0.39, 0.29) is 11.7 Å². The van der Waals surface area contributed by atoms with E-state index in [0.717, 1.165) is 34.0 Å². The van der Waals surface area contributed by atoms with Crippen LogP contribution in [0.25, 0.3) is 11.4 Å². The molecule has 0 spiro atoms. The first-order valence-electron chi connectivity index (χ1n) is 8.34. The van der Waals surface area contributed by atoms with Gasteiger partial charge in [0.25, 0.3) is 0 Å². The monoisotopic (exact) mass is 484 g/mol. The van der Waals surface area contributed by atoms with Gasteiger partial charge in [-0.1, -0.05) is 46.2 Å². The first kappa shape index (κ1) is 20.4. The lowest BCUT2D eigenvalue weighted by Crippen LogP contribution is -2.15. The van der Waals surface area contributed by atoms with Crippen LogP contribution in [0.2, 0.25) is 5.02 Å². The number of anilines is 1. The molecule has 0 fully saturated rings. The van der Waals surface area contributed by atoms with Crippen LogP contribution in [-0.4, -0.2) is 26.4 Å². The Hall–Kier alpha value is -1.35. The Balaban J connectivity index is 1.70. The average Bonchev–Trinajstić information content (AvgIpc) is 3.22. The van der Waals surface area contributed by atoms with Crippen molar-refractivity contribution in [3.63, 3.8) is 0 Å². The summed E-state index contributed by atoms with van der Waals surface area (Å²) in [5, 5.41) is 14.8. The lowest BCUT2D eigenvalue weighted by molar-refractivity contribution is -0.113. The summed E-state index contributed by atoms with van der Waals surface area (Å²) in [6.45, 7) is 4.99. The summed E-state index contributed by atoms with van der Waals surface area (Å²) in [6.07, 6.45) is 0.961. The van der Waals surface area contributed by atoms with Crippen molar-refractivity contribution in [1.29, 1.82) is 0 Å². The van der Waals surface area contributed by atoms with Crippen LogP contribution in [0.15, 0.2) is 39.3 Å². The molecule has 2 heterocycles. The van der Waals surface area contributed by atoms with E-state index in [1.54, 1.807) is 23.5 Å². The Morgan fingerprint density at radius 1 is 1.37 bits per heavy atom. The summed E-state index contributed by atoms with van der Waals surface area (Å²) in [5.41, 5.74) is 1.66. The quantitative estimate of drug-likeness (QED) is 0.425. The molecule has 1 N–H and O–H groups in total. The van der Waals surface area contributed by atoms with Crippen molar-refractivity contribution in [2.45, 2.75) is 32.0 Å². The third kappa shape index (κ3) is 5.13. The normalized spacial score (nSPS) is 11.0. The van der Waals surface area contributed by atoms with Gasteiger partial charge in [-0.25, -0.2) is 0 Å². The summed E-state index contributed by atoms with van der Waals surface area (Å²) < 4.78 is 2.94. The molecule has 3 rings (SSSR count). The third-order valence-corrected chi connectivity index (χ3v) is 6.32. The van der Waals surface area contributed by atoms with Crippen molar-refractivity contribution in [1.82, 2.24) is 14.8 Å². The minimum Gasteiger partial charge on any atom is -0.324 e. The van der Waals surface area contributed by atoms with Crippen molar-refractivity contribution in [3.05, 3.63) is 44.0 Å². The molecule has 142 valence electrons. The van der Waals surface area contributed by atoms with Crippen LogP contribution in [-0.2, 0) is 11.3 Å². The molecule has 0 saturated heterocycles. The Kier molecular flexibility index (Phi) is 6.97. The highest BCUT2D eigenvalue weighted by atomic mass is 79.9. The number of nitrogens with one attached hydrogen (secondary N) is 1. The maximum Gasteiger partial charge on any atom is 0.234 e. The minimum absolute atomic E-state index is 0.136. The molecule has 0 bridgehead atoms. The molecule has 0 aliphatic rings. The van der Waals surface area contributed by atoms with Gasteiger partial charge in [-0.3, -0.25) is 4.79 Å². The highest BCUT2D eigenvalue weighted by Crippen LogP contribution is 2.29. The van der Waals surface area contributed by atoms with Crippen molar-refractivity contribution >= 4 is 62.2 Å². The van der Waals surface area contributed by atoms with Crippen molar-refractivity contribution in [3.8, 4) is 11.4 Å². The molecule has 0 aliphatic carbocycles. The molecule has 9 heteroatoms. The van der Waals surface area contributed by atoms with Crippen molar-refractivity contribution in [2.24, 2.45) is 0 Å². The number of amides is 1. The van der Waals surface area contributed by atoms with Gasteiger partial charge in [0.1, 0.15) is 0 Å². The lowest BCUT2D eigenvalue weighted by Gasteiger charge is -2.09. The number of aromatic nitrogens is 3. The molecule has 0 saturated carbocycles. The molecule has 2 aromatic heterocycles. The topological polar surface area (TPSA) is 59.8 Å². The van der Waals surface area contributed by atoms with Crippen LogP contribution >= 0.6 is 50.6 Å². The molecule has 1 amide bonds. The van der Waals surface area contributed by atoms with Gasteiger partial charge >= 0.3 is 0 Å². The number of hydrogen-bond donors (Lipinski definition) is 1. The molecule has 27 heavy (non-hydrogen) atoms. The van der Waals surface area contributed by atoms with E-state index in [2.05, 4.69) is 61.3 Å². The standard InChI is InChI=1S/C18H18BrClN4OS2/c1-3-6-24-17(12-7-11(2)26-9-12)22-23-18(24)27-10-16(25)21-15-5-4-13(19)8-14(15)20/h4-5,7-9H,3,6,10H2,1-2H3,(H,21,25). The van der Waals surface area contributed by atoms with Gasteiger partial charge < -0.3 is 9.88 Å². The summed E-state index contributed by atoms with van der Waals surface area (Å²) in [4.78, 5) is 13.5. The Morgan fingerprint density at radius 2 is 2.19 bits per heavy atom. The van der Waals surface area contributed by atoms with Gasteiger partial charge in [0.05, 0.1) is 16.5 Å². The zero-order chi connectivity index (χ0) is 19.4. The second kappa shape index (κ2) is 9.23. The number of benzene rings is 1. The fraction of sp³-hybridized carbons (Fsp3) is 0.278. The fourth-order valence-electron chi connectivity index (χ4n) is 2.50. The molecule has 0 radical (unpaired) electrons. The van der Waals surface area contributed by atoms with Crippen LogP contribution in [0.5, 0.6) is 0 Å². The molecule has 1 aromatic carbocycles. The van der Waals surface area contributed by atoms with E-state index < -0.39 is 0 Å². The maximum absolute atomic E-state index is 12.3. The number of thiophene rings is 1. The Labute approximate surface area is 179 Å². The van der Waals surface area contributed by atoms with E-state index in [4.69, 9.17) is 11.6 Å². The molecule has 3 aromatic rings. The highest BCUT2D eigenvalue weighted by molar-refractivity contribution is 9.10. The van der Waals surface area contributed by atoms with Gasteiger partial charge in [0.15, 0.2) is 11.0 Å². The average molecular weight is 486 g/mol. The molecular formula is C18H18BrClN4OS2. The van der Waals surface area contributed by atoms with Crippen molar-refractivity contribution in [2.75, 3.05) is 11.1 Å². The SMILES string of the molecule is CCCn1c(SCC(=O)Nc2ccc(Br)cc2Cl)nnc1-c1csc(C)c1. The predicted molar refractivity (Wildman–Crippen MR) is 117 cm³/mol. The summed E-state index contributed by atoms with van der Waals surface area (Å²) in [7, 11) is 0. The number of rotatable bonds is 7. The van der Waals surface area contributed by atoms with Crippen molar-refractivity contribution < 1.29 is 4.79 Å². The zero-order valence-electron chi connectivity index (χ0n) is 14.8. The van der Waals surface area contributed by atoms with E-state index in [1.807, 2.05) is 6.07 Å².